The maximum atomic E-state index is 4.23. The van der Waals surface area contributed by atoms with Gasteiger partial charge in [0.25, 0.3) is 0 Å². The molecular formula is C9H14N4. The van der Waals surface area contributed by atoms with Gasteiger partial charge in [-0.15, -0.1) is 11.7 Å². The van der Waals surface area contributed by atoms with E-state index in [1.807, 2.05) is 20.8 Å². The number of aromatic nitrogens is 3. The highest BCUT2D eigenvalue weighted by molar-refractivity contribution is 5.27. The number of aryl methyl sites for hydroxylation is 2. The van der Waals surface area contributed by atoms with Crippen LogP contribution in [-0.2, 0) is 0 Å². The SMILES string of the molecule is C=CC(C)Nc1nnc(C)c(C)n1. The van der Waals surface area contributed by atoms with E-state index in [0.29, 0.717) is 5.95 Å². The van der Waals surface area contributed by atoms with Crippen molar-refractivity contribution in [3.8, 4) is 0 Å². The normalized spacial score (nSPS) is 12.2. The fourth-order valence-electron chi connectivity index (χ4n) is 0.781. The van der Waals surface area contributed by atoms with Gasteiger partial charge in [0, 0.05) is 6.04 Å². The molecule has 13 heavy (non-hydrogen) atoms. The van der Waals surface area contributed by atoms with Crippen LogP contribution < -0.4 is 5.32 Å². The molecule has 0 aliphatic rings. The van der Waals surface area contributed by atoms with Crippen LogP contribution >= 0.6 is 0 Å². The molecule has 0 spiro atoms. The molecule has 1 rings (SSSR count). The third-order valence-corrected chi connectivity index (χ3v) is 1.80. The second-order valence-electron chi connectivity index (χ2n) is 2.97. The van der Waals surface area contributed by atoms with Crippen LogP contribution in [0.15, 0.2) is 12.7 Å². The Labute approximate surface area is 78.1 Å². The van der Waals surface area contributed by atoms with E-state index < -0.39 is 0 Å². The lowest BCUT2D eigenvalue weighted by molar-refractivity contribution is 0.864. The minimum Gasteiger partial charge on any atom is -0.347 e. The first kappa shape index (κ1) is 9.64. The zero-order chi connectivity index (χ0) is 9.84. The molecule has 1 aromatic heterocycles. The van der Waals surface area contributed by atoms with E-state index in [4.69, 9.17) is 0 Å². The van der Waals surface area contributed by atoms with Crippen LogP contribution in [0.5, 0.6) is 0 Å². The number of hydrogen-bond donors (Lipinski definition) is 1. The third-order valence-electron chi connectivity index (χ3n) is 1.80. The summed E-state index contributed by atoms with van der Waals surface area (Å²) in [4.78, 5) is 4.23. The van der Waals surface area contributed by atoms with Crippen molar-refractivity contribution in [2.24, 2.45) is 0 Å². The van der Waals surface area contributed by atoms with Gasteiger partial charge in [-0.25, -0.2) is 4.98 Å². The average Bonchev–Trinajstić information content (AvgIpc) is 2.11. The Morgan fingerprint density at radius 3 is 2.54 bits per heavy atom. The minimum absolute atomic E-state index is 0.156. The predicted octanol–water partition coefficient (Wildman–Crippen LogP) is 1.47. The molecule has 1 aromatic rings. The van der Waals surface area contributed by atoms with Gasteiger partial charge in [-0.3, -0.25) is 0 Å². The standard InChI is InChI=1S/C9H14N4/c1-5-6(2)10-9-11-7(3)8(4)12-13-9/h5-6H,1H2,2-4H3,(H,10,11,13). The van der Waals surface area contributed by atoms with Gasteiger partial charge in [0.15, 0.2) is 0 Å². The highest BCUT2D eigenvalue weighted by atomic mass is 15.2. The molecule has 0 saturated heterocycles. The first-order valence-corrected chi connectivity index (χ1v) is 4.20. The predicted molar refractivity (Wildman–Crippen MR) is 52.6 cm³/mol. The van der Waals surface area contributed by atoms with Gasteiger partial charge in [0.2, 0.25) is 5.95 Å². The summed E-state index contributed by atoms with van der Waals surface area (Å²) >= 11 is 0. The van der Waals surface area contributed by atoms with Gasteiger partial charge in [0.05, 0.1) is 11.4 Å². The van der Waals surface area contributed by atoms with Crippen molar-refractivity contribution in [2.75, 3.05) is 5.32 Å². The fourth-order valence-corrected chi connectivity index (χ4v) is 0.781. The van der Waals surface area contributed by atoms with E-state index in [1.165, 1.54) is 0 Å². The second-order valence-corrected chi connectivity index (χ2v) is 2.97. The summed E-state index contributed by atoms with van der Waals surface area (Å²) in [6.45, 7) is 9.43. The molecule has 1 atom stereocenters. The maximum absolute atomic E-state index is 4.23. The van der Waals surface area contributed by atoms with Crippen LogP contribution in [0.1, 0.15) is 18.3 Å². The van der Waals surface area contributed by atoms with Crippen molar-refractivity contribution >= 4 is 5.95 Å². The highest BCUT2D eigenvalue weighted by Gasteiger charge is 2.02. The Kier molecular flexibility index (Phi) is 2.95. The molecule has 0 bridgehead atoms. The van der Waals surface area contributed by atoms with E-state index in [0.717, 1.165) is 11.4 Å². The van der Waals surface area contributed by atoms with Crippen LogP contribution in [0.4, 0.5) is 5.95 Å². The van der Waals surface area contributed by atoms with Crippen molar-refractivity contribution in [1.29, 1.82) is 0 Å². The molecular weight excluding hydrogens is 164 g/mol. The molecule has 0 aliphatic heterocycles. The maximum Gasteiger partial charge on any atom is 0.243 e. The van der Waals surface area contributed by atoms with Gasteiger partial charge >= 0.3 is 0 Å². The monoisotopic (exact) mass is 178 g/mol. The van der Waals surface area contributed by atoms with E-state index in [-0.39, 0.29) is 6.04 Å². The second kappa shape index (κ2) is 3.98. The van der Waals surface area contributed by atoms with Crippen LogP contribution in [-0.4, -0.2) is 21.2 Å². The van der Waals surface area contributed by atoms with Crippen molar-refractivity contribution in [1.82, 2.24) is 15.2 Å². The Morgan fingerprint density at radius 2 is 2.00 bits per heavy atom. The first-order valence-electron chi connectivity index (χ1n) is 4.20. The molecule has 0 aromatic carbocycles. The fraction of sp³-hybridized carbons (Fsp3) is 0.444. The molecule has 0 fully saturated rings. The summed E-state index contributed by atoms with van der Waals surface area (Å²) in [5.41, 5.74) is 1.76. The molecule has 0 saturated carbocycles. The van der Waals surface area contributed by atoms with Crippen LogP contribution in [0, 0.1) is 13.8 Å². The Hall–Kier alpha value is -1.45. The van der Waals surface area contributed by atoms with E-state index >= 15 is 0 Å². The Bertz CT molecular complexity index is 308. The van der Waals surface area contributed by atoms with Crippen molar-refractivity contribution in [3.05, 3.63) is 24.0 Å². The lowest BCUT2D eigenvalue weighted by Gasteiger charge is -2.08. The molecule has 0 radical (unpaired) electrons. The summed E-state index contributed by atoms with van der Waals surface area (Å²) in [5.74, 6) is 0.551. The molecule has 0 aliphatic carbocycles. The van der Waals surface area contributed by atoms with Crippen LogP contribution in [0.2, 0.25) is 0 Å². The number of rotatable bonds is 3. The molecule has 1 unspecified atom stereocenters. The topological polar surface area (TPSA) is 50.7 Å². The zero-order valence-corrected chi connectivity index (χ0v) is 8.20. The molecule has 0 amide bonds. The molecule has 4 heteroatoms. The molecule has 70 valence electrons. The summed E-state index contributed by atoms with van der Waals surface area (Å²) in [6.07, 6.45) is 1.79. The number of hydrogen-bond acceptors (Lipinski definition) is 4. The minimum atomic E-state index is 0.156. The average molecular weight is 178 g/mol. The Balaban J connectivity index is 2.79. The van der Waals surface area contributed by atoms with Gasteiger partial charge in [0.1, 0.15) is 0 Å². The summed E-state index contributed by atoms with van der Waals surface area (Å²) in [7, 11) is 0. The summed E-state index contributed by atoms with van der Waals surface area (Å²) in [5, 5.41) is 10.9. The third kappa shape index (κ3) is 2.50. The molecule has 4 nitrogen and oxygen atoms in total. The smallest absolute Gasteiger partial charge is 0.243 e. The van der Waals surface area contributed by atoms with Gasteiger partial charge in [-0.2, -0.15) is 5.10 Å². The van der Waals surface area contributed by atoms with Crippen molar-refractivity contribution < 1.29 is 0 Å². The Morgan fingerprint density at radius 1 is 1.31 bits per heavy atom. The van der Waals surface area contributed by atoms with E-state index in [1.54, 1.807) is 6.08 Å². The van der Waals surface area contributed by atoms with Crippen molar-refractivity contribution in [2.45, 2.75) is 26.8 Å². The first-order chi connectivity index (χ1) is 6.13. The zero-order valence-electron chi connectivity index (χ0n) is 8.20. The number of nitrogens with zero attached hydrogens (tertiary/aromatic N) is 3. The van der Waals surface area contributed by atoms with Crippen LogP contribution in [0.25, 0.3) is 0 Å². The van der Waals surface area contributed by atoms with E-state index in [2.05, 4.69) is 27.1 Å². The van der Waals surface area contributed by atoms with Gasteiger partial charge in [-0.05, 0) is 20.8 Å². The largest absolute Gasteiger partial charge is 0.347 e. The molecule has 1 N–H and O–H groups in total. The van der Waals surface area contributed by atoms with Crippen LogP contribution in [0.3, 0.4) is 0 Å². The number of anilines is 1. The number of nitrogens with one attached hydrogen (secondary N) is 1. The van der Waals surface area contributed by atoms with Gasteiger partial charge in [-0.1, -0.05) is 6.08 Å². The quantitative estimate of drug-likeness (QED) is 0.712. The summed E-state index contributed by atoms with van der Waals surface area (Å²) < 4.78 is 0. The lowest BCUT2D eigenvalue weighted by atomic mass is 10.3. The highest BCUT2D eigenvalue weighted by Crippen LogP contribution is 2.03. The van der Waals surface area contributed by atoms with Crippen molar-refractivity contribution in [3.63, 3.8) is 0 Å². The lowest BCUT2D eigenvalue weighted by Crippen LogP contribution is -2.15. The van der Waals surface area contributed by atoms with Gasteiger partial charge < -0.3 is 5.32 Å². The molecule has 1 heterocycles. The van der Waals surface area contributed by atoms with E-state index in [9.17, 15) is 0 Å². The summed E-state index contributed by atoms with van der Waals surface area (Å²) in [6, 6.07) is 0.156.